The lowest BCUT2D eigenvalue weighted by atomic mass is 10.2. The summed E-state index contributed by atoms with van der Waals surface area (Å²) in [6.45, 7) is 12.2. The van der Waals surface area contributed by atoms with E-state index in [-0.39, 0.29) is 0 Å². The van der Waals surface area contributed by atoms with Gasteiger partial charge in [0.1, 0.15) is 0 Å². The molecule has 0 saturated heterocycles. The number of hydrogen-bond donors (Lipinski definition) is 1. The molecule has 0 aromatic rings. The lowest BCUT2D eigenvalue weighted by Crippen LogP contribution is -2.22. The Kier molecular flexibility index (Phi) is 4.67. The van der Waals surface area contributed by atoms with E-state index in [4.69, 9.17) is 0 Å². The zero-order valence-electron chi connectivity index (χ0n) is 8.07. The monoisotopic (exact) mass is 153 g/mol. The average Bonchev–Trinajstić information content (AvgIpc) is 1.85. The first-order valence-corrected chi connectivity index (χ1v) is 4.16. The molecule has 0 radical (unpaired) electrons. The Hall–Kier alpha value is -0.720. The van der Waals surface area contributed by atoms with Crippen LogP contribution in [0.4, 0.5) is 0 Å². The highest BCUT2D eigenvalue weighted by molar-refractivity contribution is 5.16. The van der Waals surface area contributed by atoms with E-state index in [1.54, 1.807) is 0 Å². The molecule has 1 N–H and O–H groups in total. The van der Waals surface area contributed by atoms with Gasteiger partial charge in [-0.1, -0.05) is 19.1 Å². The summed E-state index contributed by atoms with van der Waals surface area (Å²) >= 11 is 0. The molecule has 0 amide bonds. The second-order valence-corrected chi connectivity index (χ2v) is 3.13. The normalized spacial score (nSPS) is 14.4. The highest BCUT2D eigenvalue weighted by atomic mass is 14.9. The molecule has 11 heavy (non-hydrogen) atoms. The number of hydrogen-bond acceptors (Lipinski definition) is 1. The highest BCUT2D eigenvalue weighted by Gasteiger charge is 1.95. The van der Waals surface area contributed by atoms with Gasteiger partial charge in [0.15, 0.2) is 0 Å². The predicted octanol–water partition coefficient (Wildman–Crippen LogP) is 2.85. The van der Waals surface area contributed by atoms with Gasteiger partial charge in [-0.25, -0.2) is 0 Å². The second-order valence-electron chi connectivity index (χ2n) is 3.13. The van der Waals surface area contributed by atoms with Crippen LogP contribution in [0, 0.1) is 0 Å². The summed E-state index contributed by atoms with van der Waals surface area (Å²) in [7, 11) is 0. The van der Waals surface area contributed by atoms with Crippen molar-refractivity contribution in [2.75, 3.05) is 0 Å². The third kappa shape index (κ3) is 5.71. The molecule has 0 aromatic carbocycles. The van der Waals surface area contributed by atoms with Crippen molar-refractivity contribution in [3.05, 3.63) is 23.9 Å². The summed E-state index contributed by atoms with van der Waals surface area (Å²) in [5.41, 5.74) is 2.30. The molecule has 0 aromatic heterocycles. The predicted molar refractivity (Wildman–Crippen MR) is 51.5 cm³/mol. The van der Waals surface area contributed by atoms with Crippen LogP contribution < -0.4 is 5.32 Å². The van der Waals surface area contributed by atoms with E-state index < -0.39 is 0 Å². The third-order valence-corrected chi connectivity index (χ3v) is 1.55. The van der Waals surface area contributed by atoms with Crippen molar-refractivity contribution >= 4 is 0 Å². The minimum Gasteiger partial charge on any atom is -0.386 e. The minimum absolute atomic E-state index is 0.561. The minimum atomic E-state index is 0.561. The molecular formula is C10H19N. The van der Waals surface area contributed by atoms with Gasteiger partial charge in [-0.05, 0) is 33.3 Å². The van der Waals surface area contributed by atoms with Crippen LogP contribution in [0.2, 0.25) is 0 Å². The van der Waals surface area contributed by atoms with E-state index >= 15 is 0 Å². The van der Waals surface area contributed by atoms with E-state index in [9.17, 15) is 0 Å². The highest BCUT2D eigenvalue weighted by Crippen LogP contribution is 1.98. The SMILES string of the molecule is C=C(C)/C=C(/C)N[C@@H](C)CC. The average molecular weight is 153 g/mol. The molecule has 0 saturated carbocycles. The maximum Gasteiger partial charge on any atom is 0.0227 e. The Morgan fingerprint density at radius 3 is 2.45 bits per heavy atom. The molecule has 0 rings (SSSR count). The lowest BCUT2D eigenvalue weighted by molar-refractivity contribution is 0.595. The van der Waals surface area contributed by atoms with Crippen LogP contribution >= 0.6 is 0 Å². The van der Waals surface area contributed by atoms with E-state index in [0.717, 1.165) is 12.0 Å². The van der Waals surface area contributed by atoms with Crippen molar-refractivity contribution in [2.45, 2.75) is 40.2 Å². The fraction of sp³-hybridized carbons (Fsp3) is 0.600. The van der Waals surface area contributed by atoms with E-state index in [1.807, 2.05) is 6.92 Å². The Bertz CT molecular complexity index is 156. The smallest absolute Gasteiger partial charge is 0.0227 e. The van der Waals surface area contributed by atoms with Crippen molar-refractivity contribution in [1.82, 2.24) is 5.32 Å². The van der Waals surface area contributed by atoms with Crippen LogP contribution in [0.25, 0.3) is 0 Å². The molecule has 0 unspecified atom stereocenters. The van der Waals surface area contributed by atoms with Gasteiger partial charge in [-0.15, -0.1) is 0 Å². The topological polar surface area (TPSA) is 12.0 Å². The number of nitrogens with one attached hydrogen (secondary N) is 1. The molecule has 0 spiro atoms. The number of rotatable bonds is 4. The van der Waals surface area contributed by atoms with E-state index in [0.29, 0.717) is 6.04 Å². The first-order chi connectivity index (χ1) is 5.06. The summed E-state index contributed by atoms with van der Waals surface area (Å²) in [6.07, 6.45) is 3.22. The molecule has 1 atom stereocenters. The van der Waals surface area contributed by atoms with Gasteiger partial charge in [0.05, 0.1) is 0 Å². The van der Waals surface area contributed by atoms with Gasteiger partial charge < -0.3 is 5.32 Å². The van der Waals surface area contributed by atoms with E-state index in [2.05, 4.69) is 38.7 Å². The Labute approximate surface area is 70.2 Å². The Morgan fingerprint density at radius 1 is 1.55 bits per heavy atom. The molecule has 0 aliphatic carbocycles. The van der Waals surface area contributed by atoms with Crippen LogP contribution in [-0.4, -0.2) is 6.04 Å². The Morgan fingerprint density at radius 2 is 2.09 bits per heavy atom. The van der Waals surface area contributed by atoms with E-state index in [1.165, 1.54) is 5.70 Å². The second kappa shape index (κ2) is 5.00. The van der Waals surface area contributed by atoms with Crippen LogP contribution in [0.3, 0.4) is 0 Å². The molecule has 0 bridgehead atoms. The fourth-order valence-corrected chi connectivity index (χ4v) is 0.902. The summed E-state index contributed by atoms with van der Waals surface area (Å²) in [5, 5.41) is 3.36. The van der Waals surface area contributed by atoms with Crippen molar-refractivity contribution in [1.29, 1.82) is 0 Å². The number of allylic oxidation sites excluding steroid dienone is 3. The van der Waals surface area contributed by atoms with Crippen molar-refractivity contribution in [3.63, 3.8) is 0 Å². The lowest BCUT2D eigenvalue weighted by Gasteiger charge is -2.12. The van der Waals surface area contributed by atoms with Crippen LogP contribution in [0.1, 0.15) is 34.1 Å². The fourth-order valence-electron chi connectivity index (χ4n) is 0.902. The van der Waals surface area contributed by atoms with Gasteiger partial charge in [0.25, 0.3) is 0 Å². The molecule has 64 valence electrons. The molecule has 0 fully saturated rings. The standard InChI is InChI=1S/C10H19N/c1-6-9(4)11-10(5)7-8(2)3/h7,9,11H,2,6H2,1,3-5H3/b10-7-/t9-/m0/s1. The zero-order valence-corrected chi connectivity index (χ0v) is 8.07. The van der Waals surface area contributed by atoms with Crippen LogP contribution in [-0.2, 0) is 0 Å². The summed E-state index contributed by atoms with van der Waals surface area (Å²) in [6, 6.07) is 0.561. The molecule has 0 aliphatic heterocycles. The van der Waals surface area contributed by atoms with Crippen molar-refractivity contribution in [2.24, 2.45) is 0 Å². The maximum atomic E-state index is 3.81. The maximum absolute atomic E-state index is 3.81. The van der Waals surface area contributed by atoms with Crippen LogP contribution in [0.5, 0.6) is 0 Å². The molecular weight excluding hydrogens is 134 g/mol. The summed E-state index contributed by atoms with van der Waals surface area (Å²) in [5.74, 6) is 0. The van der Waals surface area contributed by atoms with Gasteiger partial charge >= 0.3 is 0 Å². The first-order valence-electron chi connectivity index (χ1n) is 4.16. The molecule has 0 aliphatic rings. The molecule has 1 heteroatoms. The quantitative estimate of drug-likeness (QED) is 0.612. The molecule has 0 heterocycles. The van der Waals surface area contributed by atoms with Crippen molar-refractivity contribution in [3.8, 4) is 0 Å². The Balaban J connectivity index is 3.85. The van der Waals surface area contributed by atoms with Gasteiger partial charge in [0, 0.05) is 11.7 Å². The van der Waals surface area contributed by atoms with Crippen LogP contribution in [0.15, 0.2) is 23.9 Å². The molecule has 1 nitrogen and oxygen atoms in total. The largest absolute Gasteiger partial charge is 0.386 e. The zero-order chi connectivity index (χ0) is 8.85. The van der Waals surface area contributed by atoms with Gasteiger partial charge in [-0.3, -0.25) is 0 Å². The summed E-state index contributed by atoms with van der Waals surface area (Å²) in [4.78, 5) is 0. The van der Waals surface area contributed by atoms with Crippen molar-refractivity contribution < 1.29 is 0 Å². The first kappa shape index (κ1) is 10.3. The third-order valence-electron chi connectivity index (χ3n) is 1.55. The van der Waals surface area contributed by atoms with Gasteiger partial charge in [-0.2, -0.15) is 0 Å². The summed E-state index contributed by atoms with van der Waals surface area (Å²) < 4.78 is 0. The van der Waals surface area contributed by atoms with Gasteiger partial charge in [0.2, 0.25) is 0 Å².